The molecule has 0 fully saturated rings. The van der Waals surface area contributed by atoms with Gasteiger partial charge >= 0.3 is 0 Å². The highest BCUT2D eigenvalue weighted by molar-refractivity contribution is 5.17. The highest BCUT2D eigenvalue weighted by Gasteiger charge is 2.05. The van der Waals surface area contributed by atoms with Crippen molar-refractivity contribution in [2.24, 2.45) is 5.92 Å². The van der Waals surface area contributed by atoms with Crippen LogP contribution in [0.1, 0.15) is 18.9 Å². The van der Waals surface area contributed by atoms with Crippen molar-refractivity contribution >= 4 is 0 Å². The maximum atomic E-state index is 12.5. The van der Waals surface area contributed by atoms with Crippen LogP contribution in [0.3, 0.4) is 0 Å². The molecule has 0 aliphatic heterocycles. The zero-order valence-corrected chi connectivity index (χ0v) is 7.63. The van der Waals surface area contributed by atoms with Crippen molar-refractivity contribution in [1.82, 2.24) is 0 Å². The maximum absolute atomic E-state index is 12.5. The smallest absolute Gasteiger partial charge is 0.123 e. The quantitative estimate of drug-likeness (QED) is 0.696. The molecule has 0 bridgehead atoms. The zero-order valence-electron chi connectivity index (χ0n) is 7.63. The first-order valence-electron chi connectivity index (χ1n) is 4.40. The van der Waals surface area contributed by atoms with E-state index in [-0.39, 0.29) is 11.7 Å². The lowest BCUT2D eigenvalue weighted by Crippen LogP contribution is -1.99. The van der Waals surface area contributed by atoms with Crippen molar-refractivity contribution in [1.29, 1.82) is 5.26 Å². The Morgan fingerprint density at radius 2 is 2.00 bits per heavy atom. The third-order valence-corrected chi connectivity index (χ3v) is 2.07. The van der Waals surface area contributed by atoms with E-state index in [1.807, 2.05) is 6.92 Å². The van der Waals surface area contributed by atoms with Crippen LogP contribution in [-0.2, 0) is 6.42 Å². The summed E-state index contributed by atoms with van der Waals surface area (Å²) in [5.41, 5.74) is 1.02. The van der Waals surface area contributed by atoms with Crippen molar-refractivity contribution in [3.05, 3.63) is 35.6 Å². The average molecular weight is 177 g/mol. The van der Waals surface area contributed by atoms with Gasteiger partial charge in [-0.15, -0.1) is 0 Å². The summed E-state index contributed by atoms with van der Waals surface area (Å²) in [7, 11) is 0. The number of benzene rings is 1. The van der Waals surface area contributed by atoms with Crippen molar-refractivity contribution in [3.8, 4) is 6.07 Å². The topological polar surface area (TPSA) is 23.8 Å². The second-order valence-corrected chi connectivity index (χ2v) is 3.06. The van der Waals surface area contributed by atoms with E-state index in [0.717, 1.165) is 12.0 Å². The summed E-state index contributed by atoms with van der Waals surface area (Å²) in [6, 6.07) is 8.54. The molecule has 1 rings (SSSR count). The van der Waals surface area contributed by atoms with E-state index in [4.69, 9.17) is 5.26 Å². The molecule has 1 nitrogen and oxygen atoms in total. The predicted octanol–water partition coefficient (Wildman–Crippen LogP) is 2.92. The number of hydrogen-bond donors (Lipinski definition) is 0. The molecule has 0 radical (unpaired) electrons. The van der Waals surface area contributed by atoms with Gasteiger partial charge in [-0.2, -0.15) is 5.26 Å². The fraction of sp³-hybridized carbons (Fsp3) is 0.364. The molecule has 0 aliphatic carbocycles. The zero-order chi connectivity index (χ0) is 9.68. The predicted molar refractivity (Wildman–Crippen MR) is 49.5 cm³/mol. The first-order chi connectivity index (χ1) is 6.26. The highest BCUT2D eigenvalue weighted by Crippen LogP contribution is 2.11. The van der Waals surface area contributed by atoms with Crippen LogP contribution in [-0.4, -0.2) is 0 Å². The van der Waals surface area contributed by atoms with Crippen molar-refractivity contribution < 1.29 is 4.39 Å². The summed E-state index contributed by atoms with van der Waals surface area (Å²) in [5, 5.41) is 8.72. The van der Waals surface area contributed by atoms with E-state index < -0.39 is 0 Å². The Kier molecular flexibility index (Phi) is 3.45. The third-order valence-electron chi connectivity index (χ3n) is 2.07. The summed E-state index contributed by atoms with van der Waals surface area (Å²) in [4.78, 5) is 0. The van der Waals surface area contributed by atoms with Crippen molar-refractivity contribution in [3.63, 3.8) is 0 Å². The third kappa shape index (κ3) is 2.87. The molecule has 0 saturated carbocycles. The van der Waals surface area contributed by atoms with Crippen LogP contribution in [0.4, 0.5) is 4.39 Å². The standard InChI is InChI=1S/C11H12FN/c1-2-9(8-13)7-10-3-5-11(12)6-4-10/h3-6,9H,2,7H2,1H3. The Balaban J connectivity index is 2.64. The van der Waals surface area contributed by atoms with Crippen LogP contribution in [0, 0.1) is 23.1 Å². The Hall–Kier alpha value is -1.36. The van der Waals surface area contributed by atoms with Gasteiger partial charge in [-0.05, 0) is 30.5 Å². The molecule has 0 aromatic heterocycles. The van der Waals surface area contributed by atoms with E-state index in [0.29, 0.717) is 6.42 Å². The molecule has 1 aromatic rings. The minimum atomic E-state index is -0.228. The number of hydrogen-bond acceptors (Lipinski definition) is 1. The van der Waals surface area contributed by atoms with Crippen LogP contribution in [0.5, 0.6) is 0 Å². The lowest BCUT2D eigenvalue weighted by Gasteiger charge is -2.04. The fourth-order valence-corrected chi connectivity index (χ4v) is 1.19. The van der Waals surface area contributed by atoms with Crippen LogP contribution >= 0.6 is 0 Å². The van der Waals surface area contributed by atoms with Gasteiger partial charge in [-0.3, -0.25) is 0 Å². The minimum absolute atomic E-state index is 0.0467. The van der Waals surface area contributed by atoms with Crippen LogP contribution in [0.15, 0.2) is 24.3 Å². The molecule has 1 aromatic carbocycles. The second-order valence-electron chi connectivity index (χ2n) is 3.06. The van der Waals surface area contributed by atoms with Crippen molar-refractivity contribution in [2.45, 2.75) is 19.8 Å². The van der Waals surface area contributed by atoms with Gasteiger partial charge in [0, 0.05) is 0 Å². The van der Waals surface area contributed by atoms with Gasteiger partial charge in [0.05, 0.1) is 12.0 Å². The van der Waals surface area contributed by atoms with Gasteiger partial charge in [0.15, 0.2) is 0 Å². The van der Waals surface area contributed by atoms with E-state index in [1.165, 1.54) is 12.1 Å². The molecular formula is C11H12FN. The first kappa shape index (κ1) is 9.73. The summed E-state index contributed by atoms with van der Waals surface area (Å²) in [5.74, 6) is -0.181. The number of nitriles is 1. The highest BCUT2D eigenvalue weighted by atomic mass is 19.1. The van der Waals surface area contributed by atoms with Crippen LogP contribution in [0.25, 0.3) is 0 Å². The molecule has 0 aliphatic rings. The Morgan fingerprint density at radius 1 is 1.38 bits per heavy atom. The molecule has 0 N–H and O–H groups in total. The monoisotopic (exact) mass is 177 g/mol. The molecule has 2 heteroatoms. The van der Waals surface area contributed by atoms with Gasteiger partial charge in [-0.25, -0.2) is 4.39 Å². The van der Waals surface area contributed by atoms with Crippen molar-refractivity contribution in [2.75, 3.05) is 0 Å². The molecule has 0 spiro atoms. The average Bonchev–Trinajstić information content (AvgIpc) is 2.17. The minimum Gasteiger partial charge on any atom is -0.207 e. The number of halogens is 1. The molecule has 68 valence electrons. The van der Waals surface area contributed by atoms with E-state index in [2.05, 4.69) is 6.07 Å². The van der Waals surface area contributed by atoms with E-state index in [9.17, 15) is 4.39 Å². The van der Waals surface area contributed by atoms with E-state index >= 15 is 0 Å². The summed E-state index contributed by atoms with van der Waals surface area (Å²) in [6.45, 7) is 1.98. The SMILES string of the molecule is CCC(C#N)Cc1ccc(F)cc1. The normalized spacial score (nSPS) is 12.1. The molecule has 1 unspecified atom stereocenters. The lowest BCUT2D eigenvalue weighted by atomic mass is 9.98. The first-order valence-corrected chi connectivity index (χ1v) is 4.40. The summed E-state index contributed by atoms with van der Waals surface area (Å²) >= 11 is 0. The summed E-state index contributed by atoms with van der Waals surface area (Å²) in [6.07, 6.45) is 1.56. The van der Waals surface area contributed by atoms with Gasteiger partial charge in [0.1, 0.15) is 5.82 Å². The van der Waals surface area contributed by atoms with Crippen LogP contribution in [0.2, 0.25) is 0 Å². The van der Waals surface area contributed by atoms with Gasteiger partial charge in [0.25, 0.3) is 0 Å². The fourth-order valence-electron chi connectivity index (χ4n) is 1.19. The lowest BCUT2D eigenvalue weighted by molar-refractivity contribution is 0.619. The van der Waals surface area contributed by atoms with Gasteiger partial charge in [0.2, 0.25) is 0 Å². The Morgan fingerprint density at radius 3 is 2.46 bits per heavy atom. The molecule has 13 heavy (non-hydrogen) atoms. The number of nitrogens with zero attached hydrogens (tertiary/aromatic N) is 1. The molecule has 0 saturated heterocycles. The van der Waals surface area contributed by atoms with E-state index in [1.54, 1.807) is 12.1 Å². The Labute approximate surface area is 77.8 Å². The van der Waals surface area contributed by atoms with Crippen LogP contribution < -0.4 is 0 Å². The molecule has 1 atom stereocenters. The van der Waals surface area contributed by atoms with Gasteiger partial charge in [-0.1, -0.05) is 19.1 Å². The molecule has 0 amide bonds. The maximum Gasteiger partial charge on any atom is 0.123 e. The van der Waals surface area contributed by atoms with Gasteiger partial charge < -0.3 is 0 Å². The molecule has 0 heterocycles. The largest absolute Gasteiger partial charge is 0.207 e. The Bertz CT molecular complexity index is 297. The number of rotatable bonds is 3. The molecular weight excluding hydrogens is 165 g/mol. The second kappa shape index (κ2) is 4.61. The summed E-state index contributed by atoms with van der Waals surface area (Å²) < 4.78 is 12.5.